The molecule has 1 amide bonds. The van der Waals surface area contributed by atoms with Crippen LogP contribution >= 0.6 is 11.3 Å². The molecule has 2 aliphatic rings. The highest BCUT2D eigenvalue weighted by Gasteiger charge is 2.34. The Hall–Kier alpha value is -4.74. The molecule has 2 aliphatic heterocycles. The van der Waals surface area contributed by atoms with Crippen LogP contribution in [0.2, 0.25) is 0 Å². The Morgan fingerprint density at radius 3 is 2.76 bits per heavy atom. The number of fused-ring (bicyclic) bond motifs is 1. The molecule has 2 atom stereocenters. The van der Waals surface area contributed by atoms with Gasteiger partial charge in [-0.25, -0.2) is 18.2 Å². The Labute approximate surface area is 267 Å². The highest BCUT2D eigenvalue weighted by molar-refractivity contribution is 7.10. The molecule has 0 aliphatic carbocycles. The predicted octanol–water partition coefficient (Wildman–Crippen LogP) is 5.15. The number of benzene rings is 2. The van der Waals surface area contributed by atoms with Crippen molar-refractivity contribution < 1.29 is 27.8 Å². The van der Waals surface area contributed by atoms with Crippen LogP contribution in [0.25, 0.3) is 28.1 Å². The molecule has 1 unspecified atom stereocenters. The SMILES string of the molecule is CN1CCCC1COc1nc(N2CCN(C(=O)/C(F)=C/c3nccs3)[C@@H](CC#N)C2)c2ccc(-c3c(O)cccc3F)c(F)c2n1. The number of piperazine rings is 1. The number of aromatic nitrogens is 3. The first-order chi connectivity index (χ1) is 22.2. The Bertz CT molecular complexity index is 1810. The molecular weight excluding hydrogens is 619 g/mol. The number of hydrogen-bond acceptors (Lipinski definition) is 10. The number of thiazole rings is 1. The lowest BCUT2D eigenvalue weighted by Gasteiger charge is -2.41. The highest BCUT2D eigenvalue weighted by Crippen LogP contribution is 2.38. The van der Waals surface area contributed by atoms with Crippen LogP contribution in [0.4, 0.5) is 19.0 Å². The van der Waals surface area contributed by atoms with Crippen LogP contribution < -0.4 is 9.64 Å². The van der Waals surface area contributed by atoms with E-state index in [4.69, 9.17) is 4.74 Å². The van der Waals surface area contributed by atoms with E-state index in [0.717, 1.165) is 31.5 Å². The molecule has 238 valence electrons. The van der Waals surface area contributed by atoms with Crippen molar-refractivity contribution in [3.63, 3.8) is 0 Å². The van der Waals surface area contributed by atoms with E-state index in [1.807, 2.05) is 7.05 Å². The topological polar surface area (TPSA) is 119 Å². The van der Waals surface area contributed by atoms with Crippen LogP contribution in [0.5, 0.6) is 11.8 Å². The molecular formula is C32H30F3N7O3S. The zero-order valence-corrected chi connectivity index (χ0v) is 25.7. The fraction of sp³-hybridized carbons (Fsp3) is 0.344. The van der Waals surface area contributed by atoms with Gasteiger partial charge in [0.05, 0.1) is 24.1 Å². The van der Waals surface area contributed by atoms with Crippen molar-refractivity contribution in [1.82, 2.24) is 24.8 Å². The third-order valence-electron chi connectivity index (χ3n) is 8.38. The number of anilines is 1. The number of ether oxygens (including phenoxy) is 1. The number of carbonyl (C=O) groups excluding carboxylic acids is 1. The summed E-state index contributed by atoms with van der Waals surface area (Å²) in [7, 11) is 1.99. The number of amides is 1. The molecule has 4 heterocycles. The third-order valence-corrected chi connectivity index (χ3v) is 9.10. The smallest absolute Gasteiger partial charge is 0.319 e. The molecule has 0 radical (unpaired) electrons. The van der Waals surface area contributed by atoms with Crippen molar-refractivity contribution in [1.29, 1.82) is 5.26 Å². The second-order valence-corrected chi connectivity index (χ2v) is 12.1. The van der Waals surface area contributed by atoms with Gasteiger partial charge in [-0.1, -0.05) is 12.1 Å². The van der Waals surface area contributed by atoms with Crippen LogP contribution in [0.1, 0.15) is 24.3 Å². The van der Waals surface area contributed by atoms with Crippen molar-refractivity contribution >= 4 is 40.0 Å². The fourth-order valence-corrected chi connectivity index (χ4v) is 6.53. The molecule has 2 fully saturated rings. The second kappa shape index (κ2) is 13.3. The lowest BCUT2D eigenvalue weighted by atomic mass is 10.0. The van der Waals surface area contributed by atoms with Crippen LogP contribution in [-0.4, -0.2) is 87.7 Å². The van der Waals surface area contributed by atoms with E-state index in [1.165, 1.54) is 46.7 Å². The lowest BCUT2D eigenvalue weighted by Crippen LogP contribution is -2.55. The average molecular weight is 650 g/mol. The number of hydrogen-bond donors (Lipinski definition) is 1. The summed E-state index contributed by atoms with van der Waals surface area (Å²) in [5, 5.41) is 22.3. The van der Waals surface area contributed by atoms with Gasteiger partial charge in [-0.15, -0.1) is 11.3 Å². The largest absolute Gasteiger partial charge is 0.507 e. The average Bonchev–Trinajstić information content (AvgIpc) is 3.72. The minimum atomic E-state index is -0.989. The number of carbonyl (C=O) groups is 1. The maximum atomic E-state index is 16.3. The van der Waals surface area contributed by atoms with Crippen LogP contribution in [0.3, 0.4) is 0 Å². The molecule has 1 N–H and O–H groups in total. The summed E-state index contributed by atoms with van der Waals surface area (Å²) in [6.07, 6.45) is 4.42. The number of halogens is 3. The molecule has 0 saturated carbocycles. The van der Waals surface area contributed by atoms with Gasteiger partial charge in [-0.2, -0.15) is 15.2 Å². The summed E-state index contributed by atoms with van der Waals surface area (Å²) in [5.41, 5.74) is -0.631. The number of phenolic OH excluding ortho intramolecular Hbond substituents is 1. The minimum Gasteiger partial charge on any atom is -0.507 e. The van der Waals surface area contributed by atoms with Crippen molar-refractivity contribution in [3.05, 3.63) is 64.4 Å². The first-order valence-electron chi connectivity index (χ1n) is 14.8. The molecule has 4 aromatic rings. The summed E-state index contributed by atoms with van der Waals surface area (Å²) in [6, 6.07) is 8.00. The zero-order valence-electron chi connectivity index (χ0n) is 24.9. The van der Waals surface area contributed by atoms with Gasteiger partial charge in [0, 0.05) is 54.3 Å². The highest BCUT2D eigenvalue weighted by atomic mass is 32.1. The van der Waals surface area contributed by atoms with E-state index >= 15 is 4.39 Å². The monoisotopic (exact) mass is 649 g/mol. The molecule has 46 heavy (non-hydrogen) atoms. The van der Waals surface area contributed by atoms with Crippen molar-refractivity contribution in [2.75, 3.05) is 44.7 Å². The maximum Gasteiger partial charge on any atom is 0.319 e. The number of rotatable bonds is 8. The Kier molecular flexibility index (Phi) is 9.05. The van der Waals surface area contributed by atoms with Gasteiger partial charge in [0.25, 0.3) is 5.91 Å². The predicted molar refractivity (Wildman–Crippen MR) is 167 cm³/mol. The molecule has 0 bridgehead atoms. The zero-order chi connectivity index (χ0) is 32.4. The van der Waals surface area contributed by atoms with Gasteiger partial charge in [0.1, 0.15) is 34.5 Å². The summed E-state index contributed by atoms with van der Waals surface area (Å²) in [6.45, 7) is 1.53. The summed E-state index contributed by atoms with van der Waals surface area (Å²) < 4.78 is 52.0. The number of likely N-dealkylation sites (N-methyl/N-ethyl adjacent to an activating group) is 1. The van der Waals surface area contributed by atoms with E-state index in [2.05, 4.69) is 25.9 Å². The van der Waals surface area contributed by atoms with Crippen LogP contribution in [-0.2, 0) is 4.79 Å². The van der Waals surface area contributed by atoms with E-state index in [9.17, 15) is 23.9 Å². The number of likely N-dealkylation sites (tertiary alicyclic amines) is 1. The maximum absolute atomic E-state index is 16.3. The van der Waals surface area contributed by atoms with Crippen molar-refractivity contribution in [3.8, 4) is 29.0 Å². The minimum absolute atomic E-state index is 0.0581. The normalized spacial score (nSPS) is 19.1. The molecule has 10 nitrogen and oxygen atoms in total. The molecule has 2 saturated heterocycles. The number of aromatic hydroxyl groups is 1. The first kappa shape index (κ1) is 31.3. The number of nitrogens with zero attached hydrogens (tertiary/aromatic N) is 7. The van der Waals surface area contributed by atoms with E-state index < -0.39 is 35.2 Å². The van der Waals surface area contributed by atoms with Gasteiger partial charge in [-0.05, 0) is 44.6 Å². The number of phenols is 1. The lowest BCUT2D eigenvalue weighted by molar-refractivity contribution is -0.131. The van der Waals surface area contributed by atoms with Gasteiger partial charge >= 0.3 is 6.01 Å². The summed E-state index contributed by atoms with van der Waals surface area (Å²) in [4.78, 5) is 31.4. The van der Waals surface area contributed by atoms with Gasteiger partial charge < -0.3 is 24.5 Å². The molecule has 6 rings (SSSR count). The van der Waals surface area contributed by atoms with Crippen LogP contribution in [0, 0.1) is 23.0 Å². The third kappa shape index (κ3) is 6.20. The van der Waals surface area contributed by atoms with Crippen molar-refractivity contribution in [2.24, 2.45) is 0 Å². The van der Waals surface area contributed by atoms with Gasteiger partial charge in [0.2, 0.25) is 0 Å². The Balaban J connectivity index is 1.37. The summed E-state index contributed by atoms with van der Waals surface area (Å²) in [5.74, 6) is -3.66. The first-order valence-corrected chi connectivity index (χ1v) is 15.6. The van der Waals surface area contributed by atoms with Gasteiger partial charge in [0.15, 0.2) is 11.6 Å². The second-order valence-electron chi connectivity index (χ2n) is 11.2. The molecule has 14 heteroatoms. The number of nitriles is 1. The Morgan fingerprint density at radius 1 is 1.20 bits per heavy atom. The quantitative estimate of drug-likeness (QED) is 0.259. The molecule has 2 aromatic heterocycles. The summed E-state index contributed by atoms with van der Waals surface area (Å²) >= 11 is 1.19. The van der Waals surface area contributed by atoms with E-state index in [1.54, 1.807) is 10.3 Å². The molecule has 2 aromatic carbocycles. The fourth-order valence-electron chi connectivity index (χ4n) is 5.97. The van der Waals surface area contributed by atoms with E-state index in [0.29, 0.717) is 5.01 Å². The Morgan fingerprint density at radius 2 is 2.04 bits per heavy atom. The standard InChI is InChI=1S/C32H30F3N7O3S/c1-40-12-3-4-20(40)18-45-32-38-29-22(8-7-21(28(29)35)27-23(33)5-2-6-25(27)43)30(39-32)41-13-14-42(19(17-41)9-10-36)31(44)24(34)16-26-37-11-15-46-26/h2,5-8,11,15-16,19-20,43H,3-4,9,12-14,17-18H2,1H3/b24-16-/t19-,20?/m0/s1. The van der Waals surface area contributed by atoms with E-state index in [-0.39, 0.29) is 72.6 Å². The molecule has 0 spiro atoms. The van der Waals surface area contributed by atoms with Crippen LogP contribution in [0.15, 0.2) is 47.7 Å². The van der Waals surface area contributed by atoms with Crippen molar-refractivity contribution in [2.45, 2.75) is 31.3 Å². The van der Waals surface area contributed by atoms with Gasteiger partial charge in [-0.3, -0.25) is 4.79 Å².